The van der Waals surface area contributed by atoms with Crippen LogP contribution in [0.1, 0.15) is 27.9 Å². The second kappa shape index (κ2) is 9.87. The van der Waals surface area contributed by atoms with Crippen LogP contribution < -0.4 is 16.0 Å². The van der Waals surface area contributed by atoms with Crippen LogP contribution in [-0.2, 0) is 9.59 Å². The molecule has 0 atom stereocenters. The fraction of sp³-hybridized carbons (Fsp3) is 0.250. The molecule has 0 heterocycles. The number of nitrogens with one attached hydrogen (secondary N) is 3. The summed E-state index contributed by atoms with van der Waals surface area (Å²) in [4.78, 5) is 35.8. The highest BCUT2D eigenvalue weighted by Crippen LogP contribution is 2.19. The highest BCUT2D eigenvalue weighted by Gasteiger charge is 2.09. The smallest absolute Gasteiger partial charge is 0.251 e. The van der Waals surface area contributed by atoms with Crippen molar-refractivity contribution in [1.82, 2.24) is 10.6 Å². The van der Waals surface area contributed by atoms with Crippen molar-refractivity contribution in [2.45, 2.75) is 20.3 Å². The van der Waals surface area contributed by atoms with Crippen LogP contribution in [0.2, 0.25) is 0 Å². The summed E-state index contributed by atoms with van der Waals surface area (Å²) < 4.78 is 0.930. The van der Waals surface area contributed by atoms with E-state index >= 15 is 0 Å². The van der Waals surface area contributed by atoms with Gasteiger partial charge in [0.2, 0.25) is 11.8 Å². The Morgan fingerprint density at radius 1 is 0.963 bits per heavy atom. The minimum absolute atomic E-state index is 0.0994. The van der Waals surface area contributed by atoms with Crippen LogP contribution in [0.5, 0.6) is 0 Å². The number of amides is 3. The summed E-state index contributed by atoms with van der Waals surface area (Å²) in [6.45, 7) is 3.87. The summed E-state index contributed by atoms with van der Waals surface area (Å²) in [6, 6.07) is 12.7. The first-order valence-electron chi connectivity index (χ1n) is 8.52. The van der Waals surface area contributed by atoms with Gasteiger partial charge in [-0.15, -0.1) is 0 Å². The average molecular weight is 432 g/mol. The number of anilines is 1. The molecule has 2 rings (SSSR count). The highest BCUT2D eigenvalue weighted by atomic mass is 79.9. The van der Waals surface area contributed by atoms with E-state index in [1.165, 1.54) is 0 Å². The lowest BCUT2D eigenvalue weighted by Crippen LogP contribution is -2.35. The number of carbonyl (C=O) groups is 3. The summed E-state index contributed by atoms with van der Waals surface area (Å²) in [5.41, 5.74) is 3.16. The van der Waals surface area contributed by atoms with Gasteiger partial charge in [-0.05, 0) is 49.7 Å². The number of halogens is 1. The lowest BCUT2D eigenvalue weighted by atomic mass is 10.1. The first-order chi connectivity index (χ1) is 12.8. The maximum absolute atomic E-state index is 12.0. The van der Waals surface area contributed by atoms with E-state index < -0.39 is 0 Å². The molecule has 0 aromatic heterocycles. The summed E-state index contributed by atoms with van der Waals surface area (Å²) in [5, 5.41) is 7.99. The Morgan fingerprint density at radius 2 is 1.74 bits per heavy atom. The second-order valence-corrected chi connectivity index (χ2v) is 7.08. The maximum Gasteiger partial charge on any atom is 0.251 e. The van der Waals surface area contributed by atoms with E-state index in [0.29, 0.717) is 11.3 Å². The van der Waals surface area contributed by atoms with Crippen LogP contribution in [0.4, 0.5) is 5.69 Å². The molecule has 3 amide bonds. The van der Waals surface area contributed by atoms with Crippen molar-refractivity contribution in [3.63, 3.8) is 0 Å². The van der Waals surface area contributed by atoms with Gasteiger partial charge < -0.3 is 16.0 Å². The van der Waals surface area contributed by atoms with E-state index in [1.807, 2.05) is 38.1 Å². The van der Waals surface area contributed by atoms with Gasteiger partial charge in [0, 0.05) is 28.7 Å². The van der Waals surface area contributed by atoms with Crippen LogP contribution in [0.3, 0.4) is 0 Å². The number of aryl methyl sites for hydroxylation is 2. The first kappa shape index (κ1) is 20.6. The molecule has 0 saturated carbocycles. The highest BCUT2D eigenvalue weighted by molar-refractivity contribution is 9.10. The van der Waals surface area contributed by atoms with Gasteiger partial charge in [0.25, 0.3) is 5.91 Å². The minimum Gasteiger partial charge on any atom is -0.352 e. The molecule has 0 spiro atoms. The number of hydrogen-bond donors (Lipinski definition) is 3. The largest absolute Gasteiger partial charge is 0.352 e. The van der Waals surface area contributed by atoms with Gasteiger partial charge in [0.15, 0.2) is 0 Å². The van der Waals surface area contributed by atoms with Crippen LogP contribution >= 0.6 is 15.9 Å². The standard InChI is InChI=1S/C20H22BrN3O3/c1-13-4-3-5-15(10-13)20(27)22-9-8-18(25)23-12-19(26)24-17-7-6-16(21)11-14(17)2/h3-7,10-11H,8-9,12H2,1-2H3,(H,22,27)(H,23,25)(H,24,26). The zero-order chi connectivity index (χ0) is 19.8. The zero-order valence-corrected chi connectivity index (χ0v) is 16.9. The van der Waals surface area contributed by atoms with Gasteiger partial charge >= 0.3 is 0 Å². The summed E-state index contributed by atoms with van der Waals surface area (Å²) >= 11 is 3.37. The lowest BCUT2D eigenvalue weighted by molar-refractivity contribution is -0.124. The molecule has 0 aliphatic rings. The molecule has 0 bridgehead atoms. The van der Waals surface area contributed by atoms with Crippen LogP contribution in [0.15, 0.2) is 46.9 Å². The number of carbonyl (C=O) groups excluding carboxylic acids is 3. The molecule has 142 valence electrons. The molecule has 27 heavy (non-hydrogen) atoms. The third kappa shape index (κ3) is 6.86. The fourth-order valence-corrected chi connectivity index (χ4v) is 2.88. The molecule has 3 N–H and O–H groups in total. The Balaban J connectivity index is 1.69. The third-order valence-electron chi connectivity index (χ3n) is 3.83. The van der Waals surface area contributed by atoms with Crippen molar-refractivity contribution >= 4 is 39.3 Å². The molecule has 2 aromatic rings. The number of benzene rings is 2. The normalized spacial score (nSPS) is 10.2. The van der Waals surface area contributed by atoms with Crippen molar-refractivity contribution in [1.29, 1.82) is 0 Å². The average Bonchev–Trinajstić information content (AvgIpc) is 2.62. The molecular weight excluding hydrogens is 410 g/mol. The predicted octanol–water partition coefficient (Wildman–Crippen LogP) is 2.94. The van der Waals surface area contributed by atoms with E-state index in [1.54, 1.807) is 18.2 Å². The quantitative estimate of drug-likeness (QED) is 0.629. The van der Waals surface area contributed by atoms with Gasteiger partial charge in [0.05, 0.1) is 6.54 Å². The molecule has 0 radical (unpaired) electrons. The Morgan fingerprint density at radius 3 is 2.44 bits per heavy atom. The monoisotopic (exact) mass is 431 g/mol. The SMILES string of the molecule is Cc1cccc(C(=O)NCCC(=O)NCC(=O)Nc2ccc(Br)cc2C)c1. The van der Waals surface area contributed by atoms with E-state index in [2.05, 4.69) is 31.9 Å². The van der Waals surface area contributed by atoms with Crippen LogP contribution in [0, 0.1) is 13.8 Å². The zero-order valence-electron chi connectivity index (χ0n) is 15.3. The molecule has 6 nitrogen and oxygen atoms in total. The van der Waals surface area contributed by atoms with Crippen molar-refractivity contribution in [3.8, 4) is 0 Å². The van der Waals surface area contributed by atoms with E-state index in [0.717, 1.165) is 15.6 Å². The Hall–Kier alpha value is -2.67. The minimum atomic E-state index is -0.308. The van der Waals surface area contributed by atoms with Crippen molar-refractivity contribution in [3.05, 3.63) is 63.6 Å². The van der Waals surface area contributed by atoms with Crippen molar-refractivity contribution < 1.29 is 14.4 Å². The van der Waals surface area contributed by atoms with Gasteiger partial charge in [-0.1, -0.05) is 33.6 Å². The first-order valence-corrected chi connectivity index (χ1v) is 9.32. The molecule has 0 fully saturated rings. The summed E-state index contributed by atoms with van der Waals surface area (Å²) in [7, 11) is 0. The van der Waals surface area contributed by atoms with Crippen molar-refractivity contribution in [2.75, 3.05) is 18.4 Å². The second-order valence-electron chi connectivity index (χ2n) is 6.16. The number of hydrogen-bond acceptors (Lipinski definition) is 3. The fourth-order valence-electron chi connectivity index (χ4n) is 2.41. The van der Waals surface area contributed by atoms with Gasteiger partial charge in [-0.2, -0.15) is 0 Å². The predicted molar refractivity (Wildman–Crippen MR) is 109 cm³/mol. The number of rotatable bonds is 7. The van der Waals surface area contributed by atoms with Crippen molar-refractivity contribution in [2.24, 2.45) is 0 Å². The topological polar surface area (TPSA) is 87.3 Å². The summed E-state index contributed by atoms with van der Waals surface area (Å²) in [6.07, 6.45) is 0.0994. The summed E-state index contributed by atoms with van der Waals surface area (Å²) in [5.74, 6) is -0.838. The van der Waals surface area contributed by atoms with E-state index in [4.69, 9.17) is 0 Å². The molecular formula is C20H22BrN3O3. The van der Waals surface area contributed by atoms with E-state index in [-0.39, 0.29) is 37.2 Å². The van der Waals surface area contributed by atoms with Gasteiger partial charge in [0.1, 0.15) is 0 Å². The maximum atomic E-state index is 12.0. The third-order valence-corrected chi connectivity index (χ3v) is 4.32. The van der Waals surface area contributed by atoms with Crippen LogP contribution in [0.25, 0.3) is 0 Å². The lowest BCUT2D eigenvalue weighted by Gasteiger charge is -2.10. The van der Waals surface area contributed by atoms with Gasteiger partial charge in [-0.25, -0.2) is 0 Å². The molecule has 0 saturated heterocycles. The molecule has 0 aliphatic carbocycles. The molecule has 0 aliphatic heterocycles. The Bertz CT molecular complexity index is 852. The van der Waals surface area contributed by atoms with Gasteiger partial charge in [-0.3, -0.25) is 14.4 Å². The Kier molecular flexibility index (Phi) is 7.55. The van der Waals surface area contributed by atoms with Crippen LogP contribution in [-0.4, -0.2) is 30.8 Å². The molecule has 7 heteroatoms. The Labute approximate surface area is 166 Å². The molecule has 0 unspecified atom stereocenters. The molecule has 2 aromatic carbocycles. The van der Waals surface area contributed by atoms with E-state index in [9.17, 15) is 14.4 Å².